The van der Waals surface area contributed by atoms with E-state index in [0.29, 0.717) is 6.42 Å². The number of carbonyl (C=O) groups is 1. The summed E-state index contributed by atoms with van der Waals surface area (Å²) in [6.45, 7) is 0. The Morgan fingerprint density at radius 3 is 2.58 bits per heavy atom. The predicted molar refractivity (Wildman–Crippen MR) is 67.3 cm³/mol. The van der Waals surface area contributed by atoms with Gasteiger partial charge in [-0.3, -0.25) is 4.79 Å². The van der Waals surface area contributed by atoms with E-state index in [9.17, 15) is 15.0 Å². The molecule has 0 amide bonds. The van der Waals surface area contributed by atoms with Gasteiger partial charge in [-0.1, -0.05) is 30.3 Å². The number of hydrogen-bond donors (Lipinski definition) is 2. The second-order valence-electron chi connectivity index (χ2n) is 4.60. The van der Waals surface area contributed by atoms with E-state index in [1.807, 2.05) is 30.3 Å². The molecule has 1 aliphatic rings. The Morgan fingerprint density at radius 2 is 1.95 bits per heavy atom. The molecule has 0 radical (unpaired) electrons. The molecule has 0 aliphatic carbocycles. The fourth-order valence-electron chi connectivity index (χ4n) is 2.27. The molecule has 1 heterocycles. The first kappa shape index (κ1) is 14.0. The molecule has 2 N–H and O–H groups in total. The second kappa shape index (κ2) is 6.14. The summed E-state index contributed by atoms with van der Waals surface area (Å²) >= 11 is 0. The average Bonchev–Trinajstić information content (AvgIpc) is 2.73. The maximum atomic E-state index is 11.1. The first-order valence-electron chi connectivity index (χ1n) is 6.27. The number of benzene rings is 1. The summed E-state index contributed by atoms with van der Waals surface area (Å²) in [5, 5.41) is 20.0. The molecule has 5 heteroatoms. The highest BCUT2D eigenvalue weighted by Gasteiger charge is 2.43. The Labute approximate surface area is 111 Å². The summed E-state index contributed by atoms with van der Waals surface area (Å²) in [6.07, 6.45) is -2.60. The van der Waals surface area contributed by atoms with Crippen molar-refractivity contribution in [2.45, 2.75) is 37.3 Å². The lowest BCUT2D eigenvalue weighted by atomic mass is 10.0. The maximum Gasteiger partial charge on any atom is 0.305 e. The standard InChI is InChI=1S/C14H18O5/c1-18-11(15)8-7-10-12(16)13(17)14(19-10)9-5-3-2-4-6-9/h2-6,10,12-14,16-17H,7-8H2,1H3/t10-,12-,13+,14+/m1/s1. The number of ether oxygens (including phenoxy) is 2. The van der Waals surface area contributed by atoms with Gasteiger partial charge in [-0.05, 0) is 12.0 Å². The molecule has 1 aromatic carbocycles. The van der Waals surface area contributed by atoms with Gasteiger partial charge in [-0.2, -0.15) is 0 Å². The van der Waals surface area contributed by atoms with Crippen molar-refractivity contribution >= 4 is 5.97 Å². The van der Waals surface area contributed by atoms with Crippen molar-refractivity contribution in [3.63, 3.8) is 0 Å². The molecule has 0 spiro atoms. The second-order valence-corrected chi connectivity index (χ2v) is 4.60. The number of esters is 1. The highest BCUT2D eigenvalue weighted by atomic mass is 16.5. The van der Waals surface area contributed by atoms with Gasteiger partial charge in [-0.25, -0.2) is 0 Å². The van der Waals surface area contributed by atoms with Crippen LogP contribution in [-0.4, -0.2) is 41.6 Å². The fraction of sp³-hybridized carbons (Fsp3) is 0.500. The van der Waals surface area contributed by atoms with Crippen molar-refractivity contribution in [1.82, 2.24) is 0 Å². The van der Waals surface area contributed by atoms with E-state index in [0.717, 1.165) is 5.56 Å². The van der Waals surface area contributed by atoms with Gasteiger partial charge in [0.25, 0.3) is 0 Å². The predicted octanol–water partition coefficient (Wildman–Crippen LogP) is 0.801. The van der Waals surface area contributed by atoms with Crippen LogP contribution in [0.3, 0.4) is 0 Å². The molecule has 104 valence electrons. The van der Waals surface area contributed by atoms with Gasteiger partial charge in [0.2, 0.25) is 0 Å². The number of aliphatic hydroxyl groups excluding tert-OH is 2. The molecule has 1 aliphatic heterocycles. The molecule has 1 fully saturated rings. The van der Waals surface area contributed by atoms with Crippen molar-refractivity contribution in [1.29, 1.82) is 0 Å². The van der Waals surface area contributed by atoms with Crippen LogP contribution >= 0.6 is 0 Å². The molecule has 0 saturated carbocycles. The highest BCUT2D eigenvalue weighted by Crippen LogP contribution is 2.35. The average molecular weight is 266 g/mol. The van der Waals surface area contributed by atoms with Crippen molar-refractivity contribution in [3.05, 3.63) is 35.9 Å². The van der Waals surface area contributed by atoms with E-state index < -0.39 is 24.4 Å². The summed E-state index contributed by atoms with van der Waals surface area (Å²) in [5.41, 5.74) is 0.814. The third kappa shape index (κ3) is 3.12. The zero-order chi connectivity index (χ0) is 13.8. The van der Waals surface area contributed by atoms with Gasteiger partial charge in [0.05, 0.1) is 13.2 Å². The molecule has 2 rings (SSSR count). The van der Waals surface area contributed by atoms with E-state index in [2.05, 4.69) is 4.74 Å². The van der Waals surface area contributed by atoms with E-state index in [1.165, 1.54) is 7.11 Å². The van der Waals surface area contributed by atoms with Crippen LogP contribution in [0.1, 0.15) is 24.5 Å². The zero-order valence-electron chi connectivity index (χ0n) is 10.7. The number of rotatable bonds is 4. The summed E-state index contributed by atoms with van der Waals surface area (Å²) in [5.74, 6) is -0.353. The molecule has 0 bridgehead atoms. The molecular formula is C14H18O5. The number of methoxy groups -OCH3 is 1. The number of hydrogen-bond acceptors (Lipinski definition) is 5. The van der Waals surface area contributed by atoms with E-state index in [1.54, 1.807) is 0 Å². The van der Waals surface area contributed by atoms with Gasteiger partial charge in [0, 0.05) is 6.42 Å². The van der Waals surface area contributed by atoms with E-state index in [4.69, 9.17) is 4.74 Å². The molecule has 1 aromatic rings. The lowest BCUT2D eigenvalue weighted by Gasteiger charge is -2.14. The third-order valence-electron chi connectivity index (χ3n) is 3.35. The van der Waals surface area contributed by atoms with Gasteiger partial charge in [0.1, 0.15) is 18.3 Å². The summed E-state index contributed by atoms with van der Waals surface area (Å²) in [4.78, 5) is 11.1. The summed E-state index contributed by atoms with van der Waals surface area (Å²) < 4.78 is 10.2. The highest BCUT2D eigenvalue weighted by molar-refractivity contribution is 5.69. The first-order chi connectivity index (χ1) is 9.13. The normalized spacial score (nSPS) is 30.3. The minimum absolute atomic E-state index is 0.159. The van der Waals surface area contributed by atoms with Crippen LogP contribution in [-0.2, 0) is 14.3 Å². The zero-order valence-corrected chi connectivity index (χ0v) is 10.7. The SMILES string of the molecule is COC(=O)CC[C@H]1O[C@@H](c2ccccc2)[C@@H](O)[C@@H]1O. The van der Waals surface area contributed by atoms with Crippen molar-refractivity contribution < 1.29 is 24.5 Å². The van der Waals surface area contributed by atoms with Crippen molar-refractivity contribution in [2.75, 3.05) is 7.11 Å². The Bertz CT molecular complexity index is 419. The van der Waals surface area contributed by atoms with Gasteiger partial charge >= 0.3 is 5.97 Å². The molecule has 4 atom stereocenters. The molecule has 0 unspecified atom stereocenters. The van der Waals surface area contributed by atoms with Gasteiger partial charge < -0.3 is 19.7 Å². The van der Waals surface area contributed by atoms with Crippen LogP contribution in [0, 0.1) is 0 Å². The third-order valence-corrected chi connectivity index (χ3v) is 3.35. The first-order valence-corrected chi connectivity index (χ1v) is 6.27. The molecule has 1 saturated heterocycles. The minimum atomic E-state index is -0.991. The Morgan fingerprint density at radius 1 is 1.26 bits per heavy atom. The lowest BCUT2D eigenvalue weighted by molar-refractivity contribution is -0.141. The quantitative estimate of drug-likeness (QED) is 0.788. The monoisotopic (exact) mass is 266 g/mol. The van der Waals surface area contributed by atoms with Gasteiger partial charge in [-0.15, -0.1) is 0 Å². The lowest BCUT2D eigenvalue weighted by Crippen LogP contribution is -2.30. The summed E-state index contributed by atoms with van der Waals surface area (Å²) in [7, 11) is 1.32. The number of carbonyl (C=O) groups excluding carboxylic acids is 1. The van der Waals surface area contributed by atoms with E-state index in [-0.39, 0.29) is 12.4 Å². The van der Waals surface area contributed by atoms with Crippen LogP contribution in [0.4, 0.5) is 0 Å². The van der Waals surface area contributed by atoms with Crippen molar-refractivity contribution in [2.24, 2.45) is 0 Å². The maximum absolute atomic E-state index is 11.1. The Balaban J connectivity index is 2.00. The van der Waals surface area contributed by atoms with Gasteiger partial charge in [0.15, 0.2) is 0 Å². The van der Waals surface area contributed by atoms with E-state index >= 15 is 0 Å². The largest absolute Gasteiger partial charge is 0.469 e. The van der Waals surface area contributed by atoms with Crippen LogP contribution in [0.2, 0.25) is 0 Å². The topological polar surface area (TPSA) is 76.0 Å². The molecule has 5 nitrogen and oxygen atoms in total. The summed E-state index contributed by atoms with van der Waals surface area (Å²) in [6, 6.07) is 9.24. The van der Waals surface area contributed by atoms with Crippen LogP contribution in [0.25, 0.3) is 0 Å². The molecule has 19 heavy (non-hydrogen) atoms. The number of aliphatic hydroxyl groups is 2. The smallest absolute Gasteiger partial charge is 0.305 e. The Kier molecular flexibility index (Phi) is 4.52. The fourth-order valence-corrected chi connectivity index (χ4v) is 2.27. The molecule has 0 aromatic heterocycles. The Hall–Kier alpha value is -1.43. The van der Waals surface area contributed by atoms with Crippen LogP contribution < -0.4 is 0 Å². The van der Waals surface area contributed by atoms with Crippen LogP contribution in [0.5, 0.6) is 0 Å². The minimum Gasteiger partial charge on any atom is -0.469 e. The van der Waals surface area contributed by atoms with Crippen molar-refractivity contribution in [3.8, 4) is 0 Å². The molecular weight excluding hydrogens is 248 g/mol. The van der Waals surface area contributed by atoms with Crippen LogP contribution in [0.15, 0.2) is 30.3 Å².